The van der Waals surface area contributed by atoms with E-state index in [1.165, 1.54) is 6.07 Å². The lowest BCUT2D eigenvalue weighted by molar-refractivity contribution is 0.0697. The standard InChI is InChI=1S/C11H6ClN3O2/c12-9-3-4-15-10(13-9)7-5-6(11(16)17)1-2-8(7)14-15/h1-5H,(H,16,17). The minimum Gasteiger partial charge on any atom is -0.478 e. The molecule has 2 aromatic heterocycles. The highest BCUT2D eigenvalue weighted by molar-refractivity contribution is 6.29. The number of fused-ring (bicyclic) bond motifs is 3. The number of benzene rings is 1. The quantitative estimate of drug-likeness (QED) is 0.670. The van der Waals surface area contributed by atoms with Crippen molar-refractivity contribution < 1.29 is 9.90 Å². The summed E-state index contributed by atoms with van der Waals surface area (Å²) in [5, 5.41) is 14.2. The molecule has 0 spiro atoms. The predicted octanol–water partition coefficient (Wildman–Crippen LogP) is 2.23. The molecule has 6 heteroatoms. The van der Waals surface area contributed by atoms with Gasteiger partial charge in [-0.25, -0.2) is 14.3 Å². The van der Waals surface area contributed by atoms with Crippen molar-refractivity contribution in [1.29, 1.82) is 0 Å². The van der Waals surface area contributed by atoms with Crippen LogP contribution in [0.4, 0.5) is 0 Å². The number of rotatable bonds is 1. The maximum atomic E-state index is 10.9. The van der Waals surface area contributed by atoms with Crippen molar-refractivity contribution in [1.82, 2.24) is 14.6 Å². The van der Waals surface area contributed by atoms with E-state index in [2.05, 4.69) is 10.1 Å². The number of carboxylic acid groups (broad SMARTS) is 1. The van der Waals surface area contributed by atoms with Crippen molar-refractivity contribution in [3.05, 3.63) is 41.2 Å². The number of halogens is 1. The molecule has 0 saturated carbocycles. The number of aromatic carboxylic acids is 1. The Kier molecular flexibility index (Phi) is 2.02. The summed E-state index contributed by atoms with van der Waals surface area (Å²) in [4.78, 5) is 15.0. The molecule has 0 amide bonds. The molecule has 0 saturated heterocycles. The Morgan fingerprint density at radius 2 is 2.18 bits per heavy atom. The van der Waals surface area contributed by atoms with E-state index in [0.29, 0.717) is 21.7 Å². The second kappa shape index (κ2) is 3.43. The number of aromatic nitrogens is 3. The first-order valence-electron chi connectivity index (χ1n) is 4.83. The molecule has 3 aromatic rings. The molecule has 2 heterocycles. The largest absolute Gasteiger partial charge is 0.478 e. The number of hydrogen-bond donors (Lipinski definition) is 1. The number of hydrogen-bond acceptors (Lipinski definition) is 3. The van der Waals surface area contributed by atoms with Gasteiger partial charge in [-0.15, -0.1) is 0 Å². The van der Waals surface area contributed by atoms with Crippen LogP contribution in [0.25, 0.3) is 16.6 Å². The van der Waals surface area contributed by atoms with E-state index in [9.17, 15) is 4.79 Å². The minimum atomic E-state index is -0.978. The Morgan fingerprint density at radius 3 is 2.94 bits per heavy atom. The van der Waals surface area contributed by atoms with Crippen LogP contribution in [-0.2, 0) is 0 Å². The van der Waals surface area contributed by atoms with Gasteiger partial charge >= 0.3 is 5.97 Å². The van der Waals surface area contributed by atoms with Gasteiger partial charge in [0.05, 0.1) is 11.1 Å². The SMILES string of the molecule is O=C(O)c1ccc2nn3ccc(Cl)nc3c2c1. The van der Waals surface area contributed by atoms with Gasteiger partial charge < -0.3 is 5.11 Å². The molecule has 0 radical (unpaired) electrons. The lowest BCUT2D eigenvalue weighted by Crippen LogP contribution is -1.94. The minimum absolute atomic E-state index is 0.203. The molecule has 0 aliphatic rings. The van der Waals surface area contributed by atoms with Gasteiger partial charge in [-0.05, 0) is 24.3 Å². The molecule has 17 heavy (non-hydrogen) atoms. The van der Waals surface area contributed by atoms with Gasteiger partial charge in [-0.3, -0.25) is 0 Å². The van der Waals surface area contributed by atoms with E-state index in [0.717, 1.165) is 0 Å². The molecule has 0 bridgehead atoms. The third kappa shape index (κ3) is 1.52. The summed E-state index contributed by atoms with van der Waals surface area (Å²) in [6, 6.07) is 6.34. The zero-order valence-electron chi connectivity index (χ0n) is 8.46. The highest BCUT2D eigenvalue weighted by atomic mass is 35.5. The second-order valence-corrected chi connectivity index (χ2v) is 3.94. The first-order valence-corrected chi connectivity index (χ1v) is 5.21. The van der Waals surface area contributed by atoms with Crippen LogP contribution in [0.15, 0.2) is 30.5 Å². The molecule has 5 nitrogen and oxygen atoms in total. The van der Waals surface area contributed by atoms with Crippen LogP contribution in [0, 0.1) is 0 Å². The predicted molar refractivity (Wildman–Crippen MR) is 62.5 cm³/mol. The molecule has 0 atom stereocenters. The lowest BCUT2D eigenvalue weighted by Gasteiger charge is -1.94. The van der Waals surface area contributed by atoms with E-state index in [4.69, 9.17) is 16.7 Å². The van der Waals surface area contributed by atoms with Gasteiger partial charge in [0.1, 0.15) is 5.15 Å². The third-order valence-electron chi connectivity index (χ3n) is 2.48. The smallest absolute Gasteiger partial charge is 0.335 e. The van der Waals surface area contributed by atoms with Crippen molar-refractivity contribution in [2.75, 3.05) is 0 Å². The molecule has 1 aromatic carbocycles. The Hall–Kier alpha value is -2.14. The van der Waals surface area contributed by atoms with Gasteiger partial charge in [0.2, 0.25) is 0 Å². The van der Waals surface area contributed by atoms with Crippen LogP contribution in [-0.4, -0.2) is 25.7 Å². The fourth-order valence-corrected chi connectivity index (χ4v) is 1.84. The lowest BCUT2D eigenvalue weighted by atomic mass is 10.1. The molecule has 84 valence electrons. The van der Waals surface area contributed by atoms with E-state index < -0.39 is 5.97 Å². The van der Waals surface area contributed by atoms with Crippen molar-refractivity contribution in [3.8, 4) is 0 Å². The van der Waals surface area contributed by atoms with E-state index in [1.807, 2.05) is 0 Å². The van der Waals surface area contributed by atoms with Gasteiger partial charge in [0.25, 0.3) is 0 Å². The Labute approximate surface area is 100 Å². The molecule has 0 fully saturated rings. The molecule has 0 aliphatic carbocycles. The maximum Gasteiger partial charge on any atom is 0.335 e. The fourth-order valence-electron chi connectivity index (χ4n) is 1.71. The van der Waals surface area contributed by atoms with Crippen molar-refractivity contribution in [3.63, 3.8) is 0 Å². The summed E-state index contributed by atoms with van der Waals surface area (Å²) >= 11 is 5.81. The number of carbonyl (C=O) groups is 1. The Morgan fingerprint density at radius 1 is 1.35 bits per heavy atom. The van der Waals surface area contributed by atoms with Crippen LogP contribution in [0.2, 0.25) is 5.15 Å². The normalized spacial score (nSPS) is 11.1. The van der Waals surface area contributed by atoms with Gasteiger partial charge in [-0.1, -0.05) is 11.6 Å². The second-order valence-electron chi connectivity index (χ2n) is 3.56. The number of nitrogens with zero attached hydrogens (tertiary/aromatic N) is 3. The van der Waals surface area contributed by atoms with Gasteiger partial charge in [0.15, 0.2) is 5.65 Å². The molecular weight excluding hydrogens is 242 g/mol. The zero-order valence-corrected chi connectivity index (χ0v) is 9.22. The Bertz CT molecular complexity index is 751. The van der Waals surface area contributed by atoms with Crippen molar-refractivity contribution in [2.45, 2.75) is 0 Å². The van der Waals surface area contributed by atoms with Crippen LogP contribution < -0.4 is 0 Å². The summed E-state index contributed by atoms with van der Waals surface area (Å²) in [6.45, 7) is 0. The van der Waals surface area contributed by atoms with E-state index >= 15 is 0 Å². The Balaban J connectivity index is 2.43. The van der Waals surface area contributed by atoms with E-state index in [-0.39, 0.29) is 5.56 Å². The van der Waals surface area contributed by atoms with Crippen molar-refractivity contribution >= 4 is 34.1 Å². The average molecular weight is 248 g/mol. The summed E-state index contributed by atoms with van der Waals surface area (Å²) in [5.41, 5.74) is 1.44. The van der Waals surface area contributed by atoms with Crippen LogP contribution in [0.5, 0.6) is 0 Å². The zero-order chi connectivity index (χ0) is 12.0. The summed E-state index contributed by atoms with van der Waals surface area (Å²) in [6.07, 6.45) is 1.69. The summed E-state index contributed by atoms with van der Waals surface area (Å²) < 4.78 is 1.57. The topological polar surface area (TPSA) is 67.5 Å². The highest BCUT2D eigenvalue weighted by Gasteiger charge is 2.10. The third-order valence-corrected chi connectivity index (χ3v) is 2.69. The van der Waals surface area contributed by atoms with Crippen molar-refractivity contribution in [2.24, 2.45) is 0 Å². The average Bonchev–Trinajstić information content (AvgIpc) is 2.66. The summed E-state index contributed by atoms with van der Waals surface area (Å²) in [5.74, 6) is -0.978. The van der Waals surface area contributed by atoms with Crippen LogP contribution in [0.1, 0.15) is 10.4 Å². The number of carboxylic acids is 1. The van der Waals surface area contributed by atoms with Gasteiger partial charge in [-0.2, -0.15) is 5.10 Å². The van der Waals surface area contributed by atoms with Crippen LogP contribution >= 0.6 is 11.6 Å². The van der Waals surface area contributed by atoms with E-state index in [1.54, 1.807) is 28.9 Å². The maximum absolute atomic E-state index is 10.9. The first-order chi connectivity index (χ1) is 8.15. The highest BCUT2D eigenvalue weighted by Crippen LogP contribution is 2.20. The molecular formula is C11H6ClN3O2. The fraction of sp³-hybridized carbons (Fsp3) is 0. The van der Waals surface area contributed by atoms with Gasteiger partial charge in [0, 0.05) is 11.6 Å². The molecule has 0 unspecified atom stereocenters. The summed E-state index contributed by atoms with van der Waals surface area (Å²) in [7, 11) is 0. The molecule has 0 aliphatic heterocycles. The monoisotopic (exact) mass is 247 g/mol. The molecule has 1 N–H and O–H groups in total. The first kappa shape index (κ1) is 10.0. The molecule has 3 rings (SSSR count). The van der Waals surface area contributed by atoms with Crippen LogP contribution in [0.3, 0.4) is 0 Å².